The van der Waals surface area contributed by atoms with Gasteiger partial charge in [0.25, 0.3) is 5.91 Å². The van der Waals surface area contributed by atoms with Crippen LogP contribution in [0.2, 0.25) is 0 Å². The van der Waals surface area contributed by atoms with Gasteiger partial charge in [0.1, 0.15) is 5.82 Å². The van der Waals surface area contributed by atoms with E-state index in [-0.39, 0.29) is 11.7 Å². The Labute approximate surface area is 169 Å². The quantitative estimate of drug-likeness (QED) is 0.540. The Morgan fingerprint density at radius 2 is 1.89 bits per heavy atom. The van der Waals surface area contributed by atoms with E-state index < -0.39 is 0 Å². The van der Waals surface area contributed by atoms with Gasteiger partial charge in [-0.25, -0.2) is 4.98 Å². The highest BCUT2D eigenvalue weighted by molar-refractivity contribution is 7.12. The maximum absolute atomic E-state index is 12.5. The number of carbonyl (C=O) groups excluding carboxylic acids is 1. The second-order valence-electron chi connectivity index (χ2n) is 6.54. The summed E-state index contributed by atoms with van der Waals surface area (Å²) in [7, 11) is 1.67. The van der Waals surface area contributed by atoms with E-state index in [2.05, 4.69) is 34.6 Å². The zero-order valence-corrected chi connectivity index (χ0v) is 16.8. The third-order valence-corrected chi connectivity index (χ3v) is 5.46. The number of pyridine rings is 1. The molecule has 3 rings (SSSR count). The highest BCUT2D eigenvalue weighted by Crippen LogP contribution is 2.20. The monoisotopic (exact) mass is 395 g/mol. The van der Waals surface area contributed by atoms with Crippen molar-refractivity contribution in [1.29, 1.82) is 0 Å². The summed E-state index contributed by atoms with van der Waals surface area (Å²) in [5, 5.41) is 2.94. The minimum Gasteiger partial charge on any atom is -0.385 e. The van der Waals surface area contributed by atoms with Gasteiger partial charge in [0.05, 0.1) is 12.1 Å². The Hall–Kier alpha value is -2.70. The molecule has 1 aromatic carbocycles. The summed E-state index contributed by atoms with van der Waals surface area (Å²) in [6, 6.07) is 18.1. The zero-order chi connectivity index (χ0) is 19.8. The Kier molecular flexibility index (Phi) is 7.17. The first-order chi connectivity index (χ1) is 13.7. The number of nitrogen functional groups attached to an aromatic ring is 1. The third-order valence-electron chi connectivity index (χ3n) is 4.37. The lowest BCUT2D eigenvalue weighted by atomic mass is 10.1. The fraction of sp³-hybridized carbons (Fsp3) is 0.273. The Morgan fingerprint density at radius 3 is 2.64 bits per heavy atom. The Balaban J connectivity index is 1.54. The van der Waals surface area contributed by atoms with E-state index in [1.165, 1.54) is 10.4 Å². The van der Waals surface area contributed by atoms with Crippen LogP contribution in [-0.4, -0.2) is 24.6 Å². The van der Waals surface area contributed by atoms with E-state index >= 15 is 0 Å². The number of thiophene rings is 1. The van der Waals surface area contributed by atoms with Crippen molar-refractivity contribution in [2.24, 2.45) is 0 Å². The van der Waals surface area contributed by atoms with Gasteiger partial charge in [0, 0.05) is 35.6 Å². The van der Waals surface area contributed by atoms with Gasteiger partial charge in [-0.3, -0.25) is 4.79 Å². The smallest absolute Gasteiger partial charge is 0.255 e. The Bertz CT molecular complexity index is 909. The van der Waals surface area contributed by atoms with Crippen LogP contribution in [0.1, 0.15) is 37.8 Å². The standard InChI is InChI=1S/C22H25N3O2S/c1-27-13-5-8-17-9-12-20(21(23)25-17)22(26)24-15-19-11-10-18(28-19)14-16-6-3-2-4-7-16/h2-4,6-7,9-12H,5,8,13-15H2,1H3,(H2,23,25)(H,24,26). The number of anilines is 1. The number of aromatic nitrogens is 1. The van der Waals surface area contributed by atoms with Crippen LogP contribution in [0.25, 0.3) is 0 Å². The molecule has 0 atom stereocenters. The van der Waals surface area contributed by atoms with E-state index in [1.54, 1.807) is 24.5 Å². The van der Waals surface area contributed by atoms with E-state index in [0.29, 0.717) is 18.7 Å². The fourth-order valence-electron chi connectivity index (χ4n) is 2.92. The van der Waals surface area contributed by atoms with Gasteiger partial charge in [-0.05, 0) is 42.7 Å². The summed E-state index contributed by atoms with van der Waals surface area (Å²) in [6.45, 7) is 1.16. The molecule has 146 valence electrons. The Morgan fingerprint density at radius 1 is 1.11 bits per heavy atom. The van der Waals surface area contributed by atoms with E-state index in [9.17, 15) is 4.79 Å². The average Bonchev–Trinajstić information content (AvgIpc) is 3.14. The number of benzene rings is 1. The predicted octanol–water partition coefficient (Wildman–Crippen LogP) is 3.83. The summed E-state index contributed by atoms with van der Waals surface area (Å²) in [5.74, 6) is 0.0646. The normalized spacial score (nSPS) is 10.8. The van der Waals surface area contributed by atoms with Crippen LogP contribution in [0, 0.1) is 0 Å². The molecular formula is C22H25N3O2S. The van der Waals surface area contributed by atoms with Crippen molar-refractivity contribution in [3.63, 3.8) is 0 Å². The minimum atomic E-state index is -0.202. The second kappa shape index (κ2) is 10.0. The van der Waals surface area contributed by atoms with Gasteiger partial charge in [-0.1, -0.05) is 30.3 Å². The van der Waals surface area contributed by atoms with Crippen LogP contribution >= 0.6 is 11.3 Å². The average molecular weight is 396 g/mol. The number of nitrogens with one attached hydrogen (secondary N) is 1. The molecular weight excluding hydrogens is 370 g/mol. The van der Waals surface area contributed by atoms with E-state index in [0.717, 1.165) is 29.8 Å². The molecule has 2 heterocycles. The number of ether oxygens (including phenoxy) is 1. The SMILES string of the molecule is COCCCc1ccc(C(=O)NCc2ccc(Cc3ccccc3)s2)c(N)n1. The first-order valence-electron chi connectivity index (χ1n) is 9.30. The highest BCUT2D eigenvalue weighted by Gasteiger charge is 2.12. The van der Waals surface area contributed by atoms with Crippen LogP contribution in [0.4, 0.5) is 5.82 Å². The van der Waals surface area contributed by atoms with Crippen molar-refractivity contribution in [1.82, 2.24) is 10.3 Å². The maximum atomic E-state index is 12.5. The first kappa shape index (κ1) is 20.0. The second-order valence-corrected chi connectivity index (χ2v) is 7.80. The molecule has 0 bridgehead atoms. The number of aryl methyl sites for hydroxylation is 1. The highest BCUT2D eigenvalue weighted by atomic mass is 32.1. The summed E-state index contributed by atoms with van der Waals surface area (Å²) in [6.07, 6.45) is 2.55. The van der Waals surface area contributed by atoms with E-state index in [1.807, 2.05) is 24.3 Å². The molecule has 0 aliphatic carbocycles. The van der Waals surface area contributed by atoms with Crippen molar-refractivity contribution >= 4 is 23.1 Å². The van der Waals surface area contributed by atoms with Crippen LogP contribution < -0.4 is 11.1 Å². The number of nitrogens with two attached hydrogens (primary N) is 1. The minimum absolute atomic E-state index is 0.202. The zero-order valence-electron chi connectivity index (χ0n) is 16.0. The molecule has 0 radical (unpaired) electrons. The molecule has 0 saturated heterocycles. The van der Waals surface area contributed by atoms with Gasteiger partial charge in [-0.15, -0.1) is 11.3 Å². The molecule has 5 nitrogen and oxygen atoms in total. The molecule has 0 aliphatic rings. The lowest BCUT2D eigenvalue weighted by molar-refractivity contribution is 0.0952. The molecule has 0 unspecified atom stereocenters. The molecule has 1 amide bonds. The first-order valence-corrected chi connectivity index (χ1v) is 10.1. The molecule has 3 N–H and O–H groups in total. The van der Waals surface area contributed by atoms with Crippen LogP contribution in [-0.2, 0) is 24.1 Å². The third kappa shape index (κ3) is 5.65. The topological polar surface area (TPSA) is 77.2 Å². The number of carbonyl (C=O) groups is 1. The van der Waals surface area contributed by atoms with Gasteiger partial charge in [-0.2, -0.15) is 0 Å². The fourth-order valence-corrected chi connectivity index (χ4v) is 3.91. The van der Waals surface area contributed by atoms with Gasteiger partial charge in [0.15, 0.2) is 0 Å². The summed E-state index contributed by atoms with van der Waals surface area (Å²) in [4.78, 5) is 19.2. The number of methoxy groups -OCH3 is 1. The molecule has 0 aliphatic heterocycles. The van der Waals surface area contributed by atoms with Crippen LogP contribution in [0.3, 0.4) is 0 Å². The number of rotatable bonds is 9. The maximum Gasteiger partial charge on any atom is 0.255 e. The predicted molar refractivity (Wildman–Crippen MR) is 114 cm³/mol. The summed E-state index contributed by atoms with van der Waals surface area (Å²) in [5.41, 5.74) is 8.55. The number of amides is 1. The molecule has 2 aromatic heterocycles. The van der Waals surface area contributed by atoms with Gasteiger partial charge < -0.3 is 15.8 Å². The molecule has 0 saturated carbocycles. The van der Waals surface area contributed by atoms with Gasteiger partial charge in [0.2, 0.25) is 0 Å². The molecule has 0 spiro atoms. The largest absolute Gasteiger partial charge is 0.385 e. The van der Waals surface area contributed by atoms with Crippen molar-refractivity contribution < 1.29 is 9.53 Å². The van der Waals surface area contributed by atoms with Crippen molar-refractivity contribution in [3.05, 3.63) is 81.2 Å². The summed E-state index contributed by atoms with van der Waals surface area (Å²) >= 11 is 1.71. The summed E-state index contributed by atoms with van der Waals surface area (Å²) < 4.78 is 5.04. The molecule has 28 heavy (non-hydrogen) atoms. The molecule has 0 fully saturated rings. The van der Waals surface area contributed by atoms with Gasteiger partial charge >= 0.3 is 0 Å². The molecule has 6 heteroatoms. The van der Waals surface area contributed by atoms with Crippen molar-refractivity contribution in [2.75, 3.05) is 19.5 Å². The molecule has 3 aromatic rings. The van der Waals surface area contributed by atoms with Crippen molar-refractivity contribution in [2.45, 2.75) is 25.8 Å². The number of nitrogens with zero attached hydrogens (tertiary/aromatic N) is 1. The lowest BCUT2D eigenvalue weighted by Crippen LogP contribution is -2.24. The lowest BCUT2D eigenvalue weighted by Gasteiger charge is -2.08. The van der Waals surface area contributed by atoms with Crippen LogP contribution in [0.15, 0.2) is 54.6 Å². The number of hydrogen-bond acceptors (Lipinski definition) is 5. The number of hydrogen-bond donors (Lipinski definition) is 2. The van der Waals surface area contributed by atoms with Crippen molar-refractivity contribution in [3.8, 4) is 0 Å². The van der Waals surface area contributed by atoms with E-state index in [4.69, 9.17) is 10.5 Å². The van der Waals surface area contributed by atoms with Crippen LogP contribution in [0.5, 0.6) is 0 Å².